The molecule has 29 heavy (non-hydrogen) atoms. The van der Waals surface area contributed by atoms with Gasteiger partial charge < -0.3 is 9.64 Å². The second-order valence-corrected chi connectivity index (χ2v) is 9.34. The normalized spacial score (nSPS) is 16.4. The largest absolute Gasteiger partial charge is 0.465 e. The van der Waals surface area contributed by atoms with Gasteiger partial charge in [-0.25, -0.2) is 17.9 Å². The summed E-state index contributed by atoms with van der Waals surface area (Å²) in [6.07, 6.45) is 2.39. The van der Waals surface area contributed by atoms with Gasteiger partial charge in [-0.15, -0.1) is 0 Å². The molecule has 6 nitrogen and oxygen atoms in total. The van der Waals surface area contributed by atoms with E-state index in [1.807, 2.05) is 24.3 Å². The van der Waals surface area contributed by atoms with Crippen molar-refractivity contribution in [3.05, 3.63) is 59.7 Å². The van der Waals surface area contributed by atoms with E-state index in [0.29, 0.717) is 0 Å². The lowest BCUT2D eigenvalue weighted by Crippen LogP contribution is -2.32. The highest BCUT2D eigenvalue weighted by Gasteiger charge is 2.21. The number of hydrogen-bond acceptors (Lipinski definition) is 5. The fourth-order valence-electron chi connectivity index (χ4n) is 3.52. The van der Waals surface area contributed by atoms with Gasteiger partial charge in [0, 0.05) is 24.8 Å². The van der Waals surface area contributed by atoms with Crippen molar-refractivity contribution >= 4 is 21.7 Å². The van der Waals surface area contributed by atoms with Crippen LogP contribution in [-0.2, 0) is 14.8 Å². The molecule has 0 amide bonds. The first-order valence-corrected chi connectivity index (χ1v) is 11.3. The van der Waals surface area contributed by atoms with Crippen molar-refractivity contribution in [2.45, 2.75) is 37.6 Å². The van der Waals surface area contributed by atoms with Crippen molar-refractivity contribution < 1.29 is 17.9 Å². The van der Waals surface area contributed by atoms with Crippen molar-refractivity contribution in [3.8, 4) is 0 Å². The predicted molar refractivity (Wildman–Crippen MR) is 114 cm³/mol. The molecule has 1 aliphatic rings. The smallest absolute Gasteiger partial charge is 0.337 e. The lowest BCUT2D eigenvalue weighted by atomic mass is 9.98. The second kappa shape index (κ2) is 8.97. The molecule has 1 saturated heterocycles. The molecule has 1 atom stereocenters. The summed E-state index contributed by atoms with van der Waals surface area (Å²) in [5.41, 5.74) is 2.25. The summed E-state index contributed by atoms with van der Waals surface area (Å²) < 4.78 is 32.9. The Morgan fingerprint density at radius 2 is 1.79 bits per heavy atom. The summed E-state index contributed by atoms with van der Waals surface area (Å²) in [4.78, 5) is 14.1. The minimum atomic E-state index is -3.78. The second-order valence-electron chi connectivity index (χ2n) is 7.62. The molecule has 7 heteroatoms. The number of piperidine rings is 1. The van der Waals surface area contributed by atoms with Crippen LogP contribution in [0.15, 0.2) is 53.4 Å². The molecule has 3 rings (SSSR count). The maximum absolute atomic E-state index is 12.8. The lowest BCUT2D eigenvalue weighted by Gasteiger charge is -2.32. The predicted octanol–water partition coefficient (Wildman–Crippen LogP) is 3.75. The zero-order chi connectivity index (χ0) is 21.0. The van der Waals surface area contributed by atoms with Gasteiger partial charge in [0.05, 0.1) is 17.6 Å². The molecule has 0 aromatic heterocycles. The van der Waals surface area contributed by atoms with Gasteiger partial charge in [-0.1, -0.05) is 25.1 Å². The Balaban J connectivity index is 1.70. The molecule has 1 heterocycles. The standard InChI is InChI=1S/C22H28N2O4S/c1-16-11-13-24(14-12-16)20-9-7-18(8-10-20)17(2)23-29(26,27)21-6-4-5-19(15-21)22(25)28-3/h4-10,15-17,23H,11-14H2,1-3H3/t17-/m0/s1. The molecule has 0 saturated carbocycles. The van der Waals surface area contributed by atoms with E-state index in [4.69, 9.17) is 0 Å². The number of rotatable bonds is 6. The molecule has 0 bridgehead atoms. The Hall–Kier alpha value is -2.38. The van der Waals surface area contributed by atoms with Crippen molar-refractivity contribution in [3.63, 3.8) is 0 Å². The van der Waals surface area contributed by atoms with Crippen molar-refractivity contribution in [2.75, 3.05) is 25.1 Å². The first-order valence-electron chi connectivity index (χ1n) is 9.86. The number of nitrogens with one attached hydrogen (secondary N) is 1. The minimum Gasteiger partial charge on any atom is -0.465 e. The molecule has 0 aliphatic carbocycles. The van der Waals surface area contributed by atoms with Crippen LogP contribution in [0, 0.1) is 5.92 Å². The topological polar surface area (TPSA) is 75.7 Å². The molecule has 0 spiro atoms. The Bertz CT molecular complexity index is 949. The molecule has 2 aromatic rings. The van der Waals surface area contributed by atoms with Crippen LogP contribution in [0.25, 0.3) is 0 Å². The van der Waals surface area contributed by atoms with Crippen LogP contribution < -0.4 is 9.62 Å². The van der Waals surface area contributed by atoms with Gasteiger partial charge in [0.2, 0.25) is 10.0 Å². The van der Waals surface area contributed by atoms with E-state index in [-0.39, 0.29) is 10.5 Å². The fourth-order valence-corrected chi connectivity index (χ4v) is 4.79. The fraction of sp³-hybridized carbons (Fsp3) is 0.409. The van der Waals surface area contributed by atoms with Crippen LogP contribution in [0.1, 0.15) is 48.7 Å². The molecular weight excluding hydrogens is 388 g/mol. The Labute approximate surface area is 172 Å². The monoisotopic (exact) mass is 416 g/mol. The van der Waals surface area contributed by atoms with Gasteiger partial charge in [-0.05, 0) is 61.6 Å². The summed E-state index contributed by atoms with van der Waals surface area (Å²) >= 11 is 0. The Kier molecular flexibility index (Phi) is 6.59. The van der Waals surface area contributed by atoms with E-state index in [2.05, 4.69) is 21.3 Å². The maximum atomic E-state index is 12.8. The quantitative estimate of drug-likeness (QED) is 0.726. The number of anilines is 1. The van der Waals surface area contributed by atoms with E-state index >= 15 is 0 Å². The Morgan fingerprint density at radius 1 is 1.14 bits per heavy atom. The summed E-state index contributed by atoms with van der Waals surface area (Å²) in [5.74, 6) is 0.204. The maximum Gasteiger partial charge on any atom is 0.337 e. The third-order valence-electron chi connectivity index (χ3n) is 5.44. The van der Waals surface area contributed by atoms with Crippen molar-refractivity contribution in [1.29, 1.82) is 0 Å². The van der Waals surface area contributed by atoms with E-state index < -0.39 is 22.0 Å². The van der Waals surface area contributed by atoms with Crippen LogP contribution in [0.5, 0.6) is 0 Å². The van der Waals surface area contributed by atoms with Gasteiger partial charge in [0.1, 0.15) is 0 Å². The summed E-state index contributed by atoms with van der Waals surface area (Å²) in [7, 11) is -2.51. The van der Waals surface area contributed by atoms with Gasteiger partial charge >= 0.3 is 5.97 Å². The highest BCUT2D eigenvalue weighted by atomic mass is 32.2. The summed E-state index contributed by atoms with van der Waals surface area (Å²) in [6.45, 7) is 6.20. The van der Waals surface area contributed by atoms with Crippen molar-refractivity contribution in [1.82, 2.24) is 4.72 Å². The van der Waals surface area contributed by atoms with Gasteiger partial charge in [0.15, 0.2) is 0 Å². The number of sulfonamides is 1. The average Bonchev–Trinajstić information content (AvgIpc) is 2.73. The molecule has 0 unspecified atom stereocenters. The van der Waals surface area contributed by atoms with Crippen LogP contribution >= 0.6 is 0 Å². The first-order chi connectivity index (χ1) is 13.8. The molecule has 156 valence electrons. The number of benzene rings is 2. The van der Waals surface area contributed by atoms with Crippen molar-refractivity contribution in [2.24, 2.45) is 5.92 Å². The average molecular weight is 417 g/mol. The molecule has 0 radical (unpaired) electrons. The van der Waals surface area contributed by atoms with Crippen LogP contribution in [0.2, 0.25) is 0 Å². The van der Waals surface area contributed by atoms with E-state index in [0.717, 1.165) is 24.6 Å². The highest BCUT2D eigenvalue weighted by molar-refractivity contribution is 7.89. The SMILES string of the molecule is COC(=O)c1cccc(S(=O)(=O)N[C@@H](C)c2ccc(N3CCC(C)CC3)cc2)c1. The minimum absolute atomic E-state index is 0.0336. The number of hydrogen-bond donors (Lipinski definition) is 1. The lowest BCUT2D eigenvalue weighted by molar-refractivity contribution is 0.0600. The summed E-state index contributed by atoms with van der Waals surface area (Å²) in [6, 6.07) is 13.5. The molecule has 1 N–H and O–H groups in total. The van der Waals surface area contributed by atoms with E-state index in [1.165, 1.54) is 49.9 Å². The number of carbonyl (C=O) groups is 1. The molecule has 1 fully saturated rings. The third-order valence-corrected chi connectivity index (χ3v) is 6.98. The van der Waals surface area contributed by atoms with Crippen LogP contribution in [0.3, 0.4) is 0 Å². The number of esters is 1. The highest BCUT2D eigenvalue weighted by Crippen LogP contribution is 2.25. The van der Waals surface area contributed by atoms with Crippen LogP contribution in [-0.4, -0.2) is 34.6 Å². The number of methoxy groups -OCH3 is 1. The van der Waals surface area contributed by atoms with E-state index in [1.54, 1.807) is 6.92 Å². The zero-order valence-electron chi connectivity index (χ0n) is 17.1. The van der Waals surface area contributed by atoms with Gasteiger partial charge in [-0.3, -0.25) is 0 Å². The molecule has 1 aliphatic heterocycles. The zero-order valence-corrected chi connectivity index (χ0v) is 17.9. The molecular formula is C22H28N2O4S. The van der Waals surface area contributed by atoms with Crippen LogP contribution in [0.4, 0.5) is 5.69 Å². The number of carbonyl (C=O) groups excluding carboxylic acids is 1. The number of ether oxygens (including phenoxy) is 1. The summed E-state index contributed by atoms with van der Waals surface area (Å²) in [5, 5.41) is 0. The Morgan fingerprint density at radius 3 is 2.41 bits per heavy atom. The molecule has 2 aromatic carbocycles. The van der Waals surface area contributed by atoms with Gasteiger partial charge in [-0.2, -0.15) is 0 Å². The third kappa shape index (κ3) is 5.16. The first kappa shape index (κ1) is 21.3. The van der Waals surface area contributed by atoms with Gasteiger partial charge in [0.25, 0.3) is 0 Å². The number of nitrogens with zero attached hydrogens (tertiary/aromatic N) is 1. The van der Waals surface area contributed by atoms with E-state index in [9.17, 15) is 13.2 Å².